The molecule has 0 bridgehead atoms. The van der Waals surface area contributed by atoms with Crippen LogP contribution in [0.25, 0.3) is 21.8 Å². The third-order valence-corrected chi connectivity index (χ3v) is 4.67. The predicted octanol–water partition coefficient (Wildman–Crippen LogP) is 4.90. The maximum absolute atomic E-state index is 5.48. The number of ether oxygens (including phenoxy) is 2. The summed E-state index contributed by atoms with van der Waals surface area (Å²) in [6, 6.07) is 7.97. The second kappa shape index (κ2) is 7.01. The van der Waals surface area contributed by atoms with Crippen LogP contribution in [0.1, 0.15) is 18.1 Å². The number of methoxy groups -OCH3 is 1. The van der Waals surface area contributed by atoms with Crippen LogP contribution in [0.5, 0.6) is 11.6 Å². The van der Waals surface area contributed by atoms with E-state index in [-0.39, 0.29) is 0 Å². The molecule has 3 rings (SSSR count). The molecule has 4 nitrogen and oxygen atoms in total. The molecule has 0 saturated heterocycles. The molecule has 124 valence electrons. The molecule has 0 fully saturated rings. The van der Waals surface area contributed by atoms with Gasteiger partial charge in [0.1, 0.15) is 10.8 Å². The van der Waals surface area contributed by atoms with Crippen molar-refractivity contribution in [3.8, 4) is 33.5 Å². The predicted molar refractivity (Wildman–Crippen MR) is 98.0 cm³/mol. The quantitative estimate of drug-likeness (QED) is 0.663. The second-order valence-corrected chi connectivity index (χ2v) is 6.35. The Labute approximate surface area is 146 Å². The van der Waals surface area contributed by atoms with Crippen LogP contribution in [0.4, 0.5) is 0 Å². The Morgan fingerprint density at radius 3 is 2.54 bits per heavy atom. The first-order chi connectivity index (χ1) is 11.6. The number of hydrogen-bond acceptors (Lipinski definition) is 5. The van der Waals surface area contributed by atoms with Crippen LogP contribution < -0.4 is 9.47 Å². The lowest BCUT2D eigenvalue weighted by molar-refractivity contribution is 0.327. The summed E-state index contributed by atoms with van der Waals surface area (Å²) in [6.45, 7) is 6.72. The van der Waals surface area contributed by atoms with Gasteiger partial charge >= 0.3 is 0 Å². The molecule has 0 saturated carbocycles. The van der Waals surface area contributed by atoms with Crippen LogP contribution in [-0.4, -0.2) is 23.7 Å². The van der Waals surface area contributed by atoms with E-state index in [0.717, 1.165) is 38.7 Å². The van der Waals surface area contributed by atoms with E-state index in [4.69, 9.17) is 14.5 Å². The molecule has 3 aromatic rings. The highest BCUT2D eigenvalue weighted by molar-refractivity contribution is 7.13. The number of thiazole rings is 1. The summed E-state index contributed by atoms with van der Waals surface area (Å²) in [4.78, 5) is 9.03. The number of aryl methyl sites for hydroxylation is 2. The zero-order valence-corrected chi connectivity index (χ0v) is 15.1. The zero-order valence-electron chi connectivity index (χ0n) is 14.3. The van der Waals surface area contributed by atoms with Gasteiger partial charge in [0, 0.05) is 28.8 Å². The van der Waals surface area contributed by atoms with Gasteiger partial charge in [0.2, 0.25) is 5.88 Å². The Kier molecular flexibility index (Phi) is 4.81. The number of benzene rings is 1. The molecule has 0 aliphatic rings. The summed E-state index contributed by atoms with van der Waals surface area (Å²) in [5.74, 6) is 1.50. The van der Waals surface area contributed by atoms with Crippen molar-refractivity contribution in [3.05, 3.63) is 47.0 Å². The van der Waals surface area contributed by atoms with E-state index in [2.05, 4.69) is 24.2 Å². The molecule has 0 radical (unpaired) electrons. The highest BCUT2D eigenvalue weighted by atomic mass is 32.1. The van der Waals surface area contributed by atoms with E-state index in [1.54, 1.807) is 24.6 Å². The number of nitrogens with zero attached hydrogens (tertiary/aromatic N) is 2. The summed E-state index contributed by atoms with van der Waals surface area (Å²) in [6.07, 6.45) is 1.76. The number of pyridine rings is 1. The lowest BCUT2D eigenvalue weighted by Crippen LogP contribution is -1.94. The summed E-state index contributed by atoms with van der Waals surface area (Å²) in [7, 11) is 1.69. The Morgan fingerprint density at radius 1 is 1.12 bits per heavy atom. The molecule has 0 aliphatic carbocycles. The van der Waals surface area contributed by atoms with Gasteiger partial charge in [0.05, 0.1) is 19.4 Å². The first-order valence-corrected chi connectivity index (χ1v) is 8.70. The summed E-state index contributed by atoms with van der Waals surface area (Å²) in [5, 5.41) is 3.06. The van der Waals surface area contributed by atoms with Gasteiger partial charge < -0.3 is 9.47 Å². The van der Waals surface area contributed by atoms with E-state index in [0.29, 0.717) is 12.5 Å². The van der Waals surface area contributed by atoms with Gasteiger partial charge in [0.15, 0.2) is 0 Å². The topological polar surface area (TPSA) is 44.2 Å². The minimum absolute atomic E-state index is 0.601. The SMILES string of the molecule is CCOc1cc(-c2nc(-c3c(C)cc(OC)cc3C)cs2)ccn1. The third-order valence-electron chi connectivity index (χ3n) is 3.78. The Bertz CT molecular complexity index is 835. The van der Waals surface area contributed by atoms with Gasteiger partial charge in [-0.15, -0.1) is 11.3 Å². The summed E-state index contributed by atoms with van der Waals surface area (Å²) < 4.78 is 10.8. The average molecular weight is 340 g/mol. The third kappa shape index (κ3) is 3.26. The van der Waals surface area contributed by atoms with Crippen molar-refractivity contribution < 1.29 is 9.47 Å². The van der Waals surface area contributed by atoms with E-state index in [1.165, 1.54) is 0 Å². The van der Waals surface area contributed by atoms with Crippen LogP contribution in [0, 0.1) is 13.8 Å². The first kappa shape index (κ1) is 16.5. The molecule has 0 spiro atoms. The molecule has 0 unspecified atom stereocenters. The number of hydrogen-bond donors (Lipinski definition) is 0. The fourth-order valence-corrected chi connectivity index (χ4v) is 3.54. The molecule has 0 aliphatic heterocycles. The highest BCUT2D eigenvalue weighted by Gasteiger charge is 2.13. The van der Waals surface area contributed by atoms with Crippen molar-refractivity contribution in [2.75, 3.05) is 13.7 Å². The minimum Gasteiger partial charge on any atom is -0.497 e. The van der Waals surface area contributed by atoms with E-state index in [9.17, 15) is 0 Å². The molecule has 5 heteroatoms. The molecule has 0 atom stereocenters. The van der Waals surface area contributed by atoms with E-state index >= 15 is 0 Å². The molecule has 2 heterocycles. The maximum Gasteiger partial charge on any atom is 0.213 e. The van der Waals surface area contributed by atoms with Crippen LogP contribution in [0.15, 0.2) is 35.8 Å². The smallest absolute Gasteiger partial charge is 0.213 e. The van der Waals surface area contributed by atoms with Crippen molar-refractivity contribution >= 4 is 11.3 Å². The van der Waals surface area contributed by atoms with Crippen LogP contribution in [-0.2, 0) is 0 Å². The molecule has 0 amide bonds. The van der Waals surface area contributed by atoms with Crippen LogP contribution in [0.2, 0.25) is 0 Å². The second-order valence-electron chi connectivity index (χ2n) is 5.49. The number of aromatic nitrogens is 2. The summed E-state index contributed by atoms with van der Waals surface area (Å²) >= 11 is 1.63. The fourth-order valence-electron chi connectivity index (χ4n) is 2.74. The highest BCUT2D eigenvalue weighted by Crippen LogP contribution is 2.34. The zero-order chi connectivity index (χ0) is 17.1. The monoisotopic (exact) mass is 340 g/mol. The van der Waals surface area contributed by atoms with Crippen molar-refractivity contribution in [1.82, 2.24) is 9.97 Å². The van der Waals surface area contributed by atoms with Crippen LogP contribution >= 0.6 is 11.3 Å². The molecular weight excluding hydrogens is 320 g/mol. The van der Waals surface area contributed by atoms with E-state index < -0.39 is 0 Å². The maximum atomic E-state index is 5.48. The average Bonchev–Trinajstić information content (AvgIpc) is 3.04. The first-order valence-electron chi connectivity index (χ1n) is 7.82. The van der Waals surface area contributed by atoms with Crippen molar-refractivity contribution in [1.29, 1.82) is 0 Å². The minimum atomic E-state index is 0.601. The molecule has 24 heavy (non-hydrogen) atoms. The van der Waals surface area contributed by atoms with E-state index in [1.807, 2.05) is 31.2 Å². The van der Waals surface area contributed by atoms with Gasteiger partial charge in [-0.25, -0.2) is 9.97 Å². The fraction of sp³-hybridized carbons (Fsp3) is 0.263. The van der Waals surface area contributed by atoms with Gasteiger partial charge in [-0.05, 0) is 50.1 Å². The molecule has 1 aromatic carbocycles. The van der Waals surface area contributed by atoms with Crippen molar-refractivity contribution in [3.63, 3.8) is 0 Å². The lowest BCUT2D eigenvalue weighted by atomic mass is 10.0. The largest absolute Gasteiger partial charge is 0.497 e. The van der Waals surface area contributed by atoms with Gasteiger partial charge in [-0.3, -0.25) is 0 Å². The molecule has 2 aromatic heterocycles. The Morgan fingerprint density at radius 2 is 1.88 bits per heavy atom. The normalized spacial score (nSPS) is 10.7. The Hall–Kier alpha value is -2.40. The lowest BCUT2D eigenvalue weighted by Gasteiger charge is -2.10. The number of rotatable bonds is 5. The Balaban J connectivity index is 1.98. The van der Waals surface area contributed by atoms with Gasteiger partial charge in [-0.1, -0.05) is 0 Å². The van der Waals surface area contributed by atoms with Gasteiger partial charge in [-0.2, -0.15) is 0 Å². The van der Waals surface area contributed by atoms with Crippen LogP contribution in [0.3, 0.4) is 0 Å². The van der Waals surface area contributed by atoms with Crippen molar-refractivity contribution in [2.45, 2.75) is 20.8 Å². The van der Waals surface area contributed by atoms with Gasteiger partial charge in [0.25, 0.3) is 0 Å². The van der Waals surface area contributed by atoms with Crippen molar-refractivity contribution in [2.24, 2.45) is 0 Å². The molecule has 0 N–H and O–H groups in total. The standard InChI is InChI=1S/C19H20N2O2S/c1-5-23-17-10-14(6-7-20-17)19-21-16(11-24-19)18-12(2)8-15(22-4)9-13(18)3/h6-11H,5H2,1-4H3. The summed E-state index contributed by atoms with van der Waals surface area (Å²) in [5.41, 5.74) is 5.50. The molecular formula is C19H20N2O2S.